The molecule has 0 bridgehead atoms. The molecule has 3 heteroatoms. The summed E-state index contributed by atoms with van der Waals surface area (Å²) in [6, 6.07) is 4.07. The molecule has 1 fully saturated rings. The minimum absolute atomic E-state index is 0.0975. The first-order valence-corrected chi connectivity index (χ1v) is 7.50. The van der Waals surface area contributed by atoms with E-state index < -0.39 is 0 Å². The van der Waals surface area contributed by atoms with Crippen molar-refractivity contribution in [1.29, 1.82) is 0 Å². The first-order chi connectivity index (χ1) is 9.13. The smallest absolute Gasteiger partial charge is 0.129 e. The summed E-state index contributed by atoms with van der Waals surface area (Å²) in [5, 5.41) is 9.42. The lowest BCUT2D eigenvalue weighted by molar-refractivity contribution is 0.281. The Bertz CT molecular complexity index is 417. The number of aliphatic hydroxyl groups excluding tert-OH is 1. The molecule has 1 aliphatic rings. The van der Waals surface area contributed by atoms with E-state index in [1.165, 1.54) is 19.3 Å². The molecule has 1 unspecified atom stereocenters. The van der Waals surface area contributed by atoms with E-state index in [1.807, 2.05) is 12.1 Å². The fourth-order valence-corrected chi connectivity index (χ4v) is 2.75. The van der Waals surface area contributed by atoms with Crippen LogP contribution in [-0.2, 0) is 6.61 Å². The van der Waals surface area contributed by atoms with Gasteiger partial charge in [-0.1, -0.05) is 27.2 Å². The number of rotatable bonds is 4. The molecule has 1 aliphatic heterocycles. The monoisotopic (exact) mass is 262 g/mol. The first kappa shape index (κ1) is 14.3. The van der Waals surface area contributed by atoms with Crippen molar-refractivity contribution < 1.29 is 5.11 Å². The highest BCUT2D eigenvalue weighted by Crippen LogP contribution is 2.26. The van der Waals surface area contributed by atoms with Crippen LogP contribution in [0, 0.1) is 5.92 Å². The summed E-state index contributed by atoms with van der Waals surface area (Å²) in [5.41, 5.74) is 2.06. The minimum atomic E-state index is 0.0975. The van der Waals surface area contributed by atoms with Gasteiger partial charge in [0.15, 0.2) is 0 Å². The summed E-state index contributed by atoms with van der Waals surface area (Å²) in [5.74, 6) is 2.24. The van der Waals surface area contributed by atoms with Crippen molar-refractivity contribution in [3.05, 3.63) is 23.4 Å². The number of aliphatic hydroxyl groups is 1. The van der Waals surface area contributed by atoms with Crippen LogP contribution in [-0.4, -0.2) is 23.2 Å². The molecule has 2 rings (SSSR count). The predicted molar refractivity (Wildman–Crippen MR) is 79.5 cm³/mol. The van der Waals surface area contributed by atoms with E-state index in [0.717, 1.165) is 36.1 Å². The van der Waals surface area contributed by atoms with E-state index in [4.69, 9.17) is 4.98 Å². The topological polar surface area (TPSA) is 36.4 Å². The summed E-state index contributed by atoms with van der Waals surface area (Å²) in [7, 11) is 0. The van der Waals surface area contributed by atoms with E-state index >= 15 is 0 Å². The molecule has 0 aromatic carbocycles. The number of anilines is 1. The van der Waals surface area contributed by atoms with Crippen molar-refractivity contribution in [1.82, 2.24) is 4.98 Å². The Kier molecular flexibility index (Phi) is 4.81. The second kappa shape index (κ2) is 6.38. The molecular formula is C16H26N2O. The predicted octanol–water partition coefficient (Wildman–Crippen LogP) is 3.32. The number of nitrogens with zero attached hydrogens (tertiary/aromatic N) is 2. The van der Waals surface area contributed by atoms with Gasteiger partial charge in [-0.2, -0.15) is 0 Å². The third-order valence-electron chi connectivity index (χ3n) is 4.09. The zero-order valence-electron chi connectivity index (χ0n) is 12.4. The van der Waals surface area contributed by atoms with E-state index in [-0.39, 0.29) is 6.61 Å². The van der Waals surface area contributed by atoms with Gasteiger partial charge in [0.25, 0.3) is 0 Å². The van der Waals surface area contributed by atoms with E-state index in [0.29, 0.717) is 5.92 Å². The van der Waals surface area contributed by atoms with Crippen LogP contribution in [0.2, 0.25) is 0 Å². The van der Waals surface area contributed by atoms with Crippen LogP contribution in [0.1, 0.15) is 57.2 Å². The molecule has 1 aromatic heterocycles. The average Bonchev–Trinajstić information content (AvgIpc) is 2.46. The second-order valence-corrected chi connectivity index (χ2v) is 5.93. The number of hydrogen-bond acceptors (Lipinski definition) is 3. The largest absolute Gasteiger partial charge is 0.392 e. The van der Waals surface area contributed by atoms with Gasteiger partial charge in [0.05, 0.1) is 6.61 Å². The molecular weight excluding hydrogens is 236 g/mol. The second-order valence-electron chi connectivity index (χ2n) is 5.93. The number of hydrogen-bond donors (Lipinski definition) is 1. The molecule has 1 saturated heterocycles. The first-order valence-electron chi connectivity index (χ1n) is 7.50. The van der Waals surface area contributed by atoms with Crippen LogP contribution in [0.4, 0.5) is 5.82 Å². The van der Waals surface area contributed by atoms with E-state index in [2.05, 4.69) is 25.7 Å². The normalized spacial score (nSPS) is 20.1. The van der Waals surface area contributed by atoms with Crippen LogP contribution < -0.4 is 4.90 Å². The standard InChI is InChI=1S/C16H26N2O/c1-4-13-6-5-7-18(10-13)16-9-14(11-19)8-15(17-16)12(2)3/h8-9,12-13,19H,4-7,10-11H2,1-3H3. The number of aromatic nitrogens is 1. The highest BCUT2D eigenvalue weighted by Gasteiger charge is 2.20. The Hall–Kier alpha value is -1.09. The van der Waals surface area contributed by atoms with Gasteiger partial charge in [0.2, 0.25) is 0 Å². The van der Waals surface area contributed by atoms with Gasteiger partial charge in [0.1, 0.15) is 5.82 Å². The molecule has 0 amide bonds. The lowest BCUT2D eigenvalue weighted by Crippen LogP contribution is -2.35. The molecule has 3 nitrogen and oxygen atoms in total. The van der Waals surface area contributed by atoms with E-state index in [1.54, 1.807) is 0 Å². The SMILES string of the molecule is CCC1CCCN(c2cc(CO)cc(C(C)C)n2)C1. The zero-order chi connectivity index (χ0) is 13.8. The average molecular weight is 262 g/mol. The van der Waals surface area contributed by atoms with Gasteiger partial charge >= 0.3 is 0 Å². The Balaban J connectivity index is 2.25. The van der Waals surface area contributed by atoms with E-state index in [9.17, 15) is 5.11 Å². The quantitative estimate of drug-likeness (QED) is 0.904. The molecule has 0 spiro atoms. The molecule has 1 aromatic rings. The summed E-state index contributed by atoms with van der Waals surface area (Å²) in [4.78, 5) is 7.18. The Morgan fingerprint density at radius 2 is 2.21 bits per heavy atom. The minimum Gasteiger partial charge on any atom is -0.392 e. The lowest BCUT2D eigenvalue weighted by atomic mass is 9.95. The van der Waals surface area contributed by atoms with Crippen molar-refractivity contribution in [2.75, 3.05) is 18.0 Å². The molecule has 0 radical (unpaired) electrons. The zero-order valence-corrected chi connectivity index (χ0v) is 12.4. The van der Waals surface area contributed by atoms with Gasteiger partial charge in [-0.3, -0.25) is 0 Å². The third-order valence-corrected chi connectivity index (χ3v) is 4.09. The van der Waals surface area contributed by atoms with Gasteiger partial charge in [-0.05, 0) is 42.4 Å². The number of piperidine rings is 1. The molecule has 106 valence electrons. The summed E-state index contributed by atoms with van der Waals surface area (Å²) in [6.07, 6.45) is 3.83. The Morgan fingerprint density at radius 1 is 1.42 bits per heavy atom. The highest BCUT2D eigenvalue weighted by molar-refractivity contribution is 5.43. The molecule has 0 aliphatic carbocycles. The summed E-state index contributed by atoms with van der Waals surface area (Å²) in [6.45, 7) is 8.87. The Labute approximate surface area is 116 Å². The van der Waals surface area contributed by atoms with Gasteiger partial charge in [-0.25, -0.2) is 4.98 Å². The molecule has 1 atom stereocenters. The molecule has 19 heavy (non-hydrogen) atoms. The van der Waals surface area contributed by atoms with Gasteiger partial charge < -0.3 is 10.0 Å². The van der Waals surface area contributed by atoms with Crippen molar-refractivity contribution in [3.63, 3.8) is 0 Å². The fraction of sp³-hybridized carbons (Fsp3) is 0.688. The molecule has 1 N–H and O–H groups in total. The van der Waals surface area contributed by atoms with Gasteiger partial charge in [0, 0.05) is 18.8 Å². The molecule has 0 saturated carbocycles. The van der Waals surface area contributed by atoms with Crippen molar-refractivity contribution in [3.8, 4) is 0 Å². The third kappa shape index (κ3) is 3.47. The van der Waals surface area contributed by atoms with Crippen molar-refractivity contribution in [2.24, 2.45) is 5.92 Å². The maximum absolute atomic E-state index is 9.42. The van der Waals surface area contributed by atoms with Crippen LogP contribution >= 0.6 is 0 Å². The number of pyridine rings is 1. The van der Waals surface area contributed by atoms with Crippen LogP contribution in [0.15, 0.2) is 12.1 Å². The maximum atomic E-state index is 9.42. The molecule has 2 heterocycles. The van der Waals surface area contributed by atoms with Crippen LogP contribution in [0.5, 0.6) is 0 Å². The summed E-state index contributed by atoms with van der Waals surface area (Å²) < 4.78 is 0. The van der Waals surface area contributed by atoms with Crippen molar-refractivity contribution >= 4 is 5.82 Å². The van der Waals surface area contributed by atoms with Gasteiger partial charge in [-0.15, -0.1) is 0 Å². The fourth-order valence-electron chi connectivity index (χ4n) is 2.75. The van der Waals surface area contributed by atoms with Crippen LogP contribution in [0.3, 0.4) is 0 Å². The Morgan fingerprint density at radius 3 is 2.84 bits per heavy atom. The highest BCUT2D eigenvalue weighted by atomic mass is 16.3. The van der Waals surface area contributed by atoms with Crippen molar-refractivity contribution in [2.45, 2.75) is 52.6 Å². The summed E-state index contributed by atoms with van der Waals surface area (Å²) >= 11 is 0. The van der Waals surface area contributed by atoms with Crippen LogP contribution in [0.25, 0.3) is 0 Å². The lowest BCUT2D eigenvalue weighted by Gasteiger charge is -2.33. The maximum Gasteiger partial charge on any atom is 0.129 e.